The molecule has 0 radical (unpaired) electrons. The van der Waals surface area contributed by atoms with Gasteiger partial charge in [0.1, 0.15) is 11.9 Å². The number of aliphatic hydroxyl groups excluding tert-OH is 1. The lowest BCUT2D eigenvalue weighted by molar-refractivity contribution is -0.00223. The van der Waals surface area contributed by atoms with E-state index in [0.717, 1.165) is 0 Å². The van der Waals surface area contributed by atoms with Crippen molar-refractivity contribution in [2.75, 3.05) is 4.43 Å². The number of nitrogens with zero attached hydrogens (tertiary/aromatic N) is 2. The molecule has 1 aliphatic heterocycles. The lowest BCUT2D eigenvalue weighted by Crippen LogP contribution is -2.23. The van der Waals surface area contributed by atoms with Crippen LogP contribution in [0.4, 0.5) is 0 Å². The van der Waals surface area contributed by atoms with Gasteiger partial charge in [-0.25, -0.2) is 9.78 Å². The molecule has 0 bridgehead atoms. The minimum atomic E-state index is -0.594. The number of fused-ring (bicyclic) bond motifs is 1. The summed E-state index contributed by atoms with van der Waals surface area (Å²) in [6.45, 7) is 0. The number of hydrogen-bond donors (Lipinski definition) is 3. The fourth-order valence-electron chi connectivity index (χ4n) is 2.20. The van der Waals surface area contributed by atoms with Crippen LogP contribution in [-0.4, -0.2) is 41.3 Å². The van der Waals surface area contributed by atoms with E-state index in [1.165, 1.54) is 6.33 Å². The van der Waals surface area contributed by atoms with Crippen molar-refractivity contribution in [1.82, 2.24) is 19.5 Å². The lowest BCUT2D eigenvalue weighted by Gasteiger charge is -2.13. The molecule has 3 atom stereocenters. The summed E-state index contributed by atoms with van der Waals surface area (Å²) in [6, 6.07) is 0. The SMILES string of the molecule is O=c1[nH]c(=O)c2ncn([C@H]3C[C@H](O)[C@@H](CI)O3)c2[nH]1. The number of aromatic amines is 2. The summed E-state index contributed by atoms with van der Waals surface area (Å²) in [4.78, 5) is 31.5. The number of aliphatic hydroxyl groups is 1. The van der Waals surface area contributed by atoms with Crippen LogP contribution in [0.5, 0.6) is 0 Å². The molecule has 8 nitrogen and oxygen atoms in total. The summed E-state index contributed by atoms with van der Waals surface area (Å²) in [5.74, 6) is 0. The molecular weight excluding hydrogens is 367 g/mol. The van der Waals surface area contributed by atoms with Crippen LogP contribution < -0.4 is 11.2 Å². The Balaban J connectivity index is 2.07. The van der Waals surface area contributed by atoms with Crippen LogP contribution in [0, 0.1) is 0 Å². The van der Waals surface area contributed by atoms with Gasteiger partial charge in [0.15, 0.2) is 5.52 Å². The summed E-state index contributed by atoms with van der Waals surface area (Å²) in [7, 11) is 0. The predicted octanol–water partition coefficient (Wildman–Crippen LogP) is -0.504. The van der Waals surface area contributed by atoms with Gasteiger partial charge in [0.25, 0.3) is 5.56 Å². The topological polar surface area (TPSA) is 113 Å². The van der Waals surface area contributed by atoms with E-state index in [4.69, 9.17) is 4.74 Å². The van der Waals surface area contributed by atoms with Crippen molar-refractivity contribution in [2.45, 2.75) is 24.9 Å². The number of hydrogen-bond acceptors (Lipinski definition) is 5. The van der Waals surface area contributed by atoms with Crippen molar-refractivity contribution in [3.63, 3.8) is 0 Å². The maximum absolute atomic E-state index is 11.6. The molecule has 2 aromatic rings. The van der Waals surface area contributed by atoms with Crippen molar-refractivity contribution in [2.24, 2.45) is 0 Å². The van der Waals surface area contributed by atoms with Crippen molar-refractivity contribution in [3.05, 3.63) is 27.2 Å². The van der Waals surface area contributed by atoms with Gasteiger partial charge in [-0.3, -0.25) is 19.3 Å². The maximum atomic E-state index is 11.6. The number of aromatic nitrogens is 4. The normalized spacial score (nSPS) is 27.2. The Labute approximate surface area is 120 Å². The highest BCUT2D eigenvalue weighted by atomic mass is 127. The molecule has 0 aromatic carbocycles. The van der Waals surface area contributed by atoms with Crippen LogP contribution in [0.3, 0.4) is 0 Å². The molecule has 0 amide bonds. The first kappa shape index (κ1) is 12.8. The molecular formula is C10H11IN4O4. The monoisotopic (exact) mass is 378 g/mol. The van der Waals surface area contributed by atoms with Gasteiger partial charge in [0, 0.05) is 10.8 Å². The van der Waals surface area contributed by atoms with Crippen LogP contribution in [0.15, 0.2) is 15.9 Å². The van der Waals surface area contributed by atoms with Crippen molar-refractivity contribution in [3.8, 4) is 0 Å². The van der Waals surface area contributed by atoms with Crippen LogP contribution in [0.25, 0.3) is 11.2 Å². The van der Waals surface area contributed by atoms with Gasteiger partial charge in [0.05, 0.1) is 18.5 Å². The summed E-state index contributed by atoms with van der Waals surface area (Å²) in [5.41, 5.74) is -0.680. The molecule has 9 heteroatoms. The fourth-order valence-corrected chi connectivity index (χ4v) is 2.99. The third kappa shape index (κ3) is 2.11. The Morgan fingerprint density at radius 3 is 3.00 bits per heavy atom. The Bertz CT molecular complexity index is 720. The standard InChI is InChI=1S/C10H11IN4O4/c11-2-5-4(16)1-6(19-5)15-3-12-7-8(15)13-10(18)14-9(7)17/h3-6,16H,1-2H2,(H2,13,14,17,18)/t4-,5+,6+/m0/s1. The Kier molecular flexibility index (Phi) is 3.19. The largest absolute Gasteiger partial charge is 0.390 e. The highest BCUT2D eigenvalue weighted by Crippen LogP contribution is 2.30. The first-order valence-electron chi connectivity index (χ1n) is 5.69. The second kappa shape index (κ2) is 4.72. The van der Waals surface area contributed by atoms with E-state index in [2.05, 4.69) is 37.5 Å². The Morgan fingerprint density at radius 1 is 1.53 bits per heavy atom. The zero-order valence-corrected chi connectivity index (χ0v) is 11.8. The van der Waals surface area contributed by atoms with E-state index in [0.29, 0.717) is 16.5 Å². The number of nitrogens with one attached hydrogen (secondary N) is 2. The summed E-state index contributed by atoms with van der Waals surface area (Å²) >= 11 is 2.14. The average Bonchev–Trinajstić information content (AvgIpc) is 2.92. The van der Waals surface area contributed by atoms with Crippen molar-refractivity contribution in [1.29, 1.82) is 0 Å². The molecule has 0 spiro atoms. The van der Waals surface area contributed by atoms with Gasteiger partial charge in [-0.15, -0.1) is 0 Å². The van der Waals surface area contributed by atoms with Crippen LogP contribution in [0.1, 0.15) is 12.6 Å². The third-order valence-electron chi connectivity index (χ3n) is 3.13. The zero-order valence-electron chi connectivity index (χ0n) is 9.67. The molecule has 3 N–H and O–H groups in total. The minimum Gasteiger partial charge on any atom is -0.390 e. The number of H-pyrrole nitrogens is 2. The molecule has 19 heavy (non-hydrogen) atoms. The third-order valence-corrected chi connectivity index (χ3v) is 4.00. The fraction of sp³-hybridized carbons (Fsp3) is 0.500. The number of imidazole rings is 1. The van der Waals surface area contributed by atoms with Gasteiger partial charge in [-0.2, -0.15) is 0 Å². The number of halogens is 1. The number of ether oxygens (including phenoxy) is 1. The van der Waals surface area contributed by atoms with Crippen molar-refractivity contribution >= 4 is 33.8 Å². The minimum absolute atomic E-state index is 0.149. The van der Waals surface area contributed by atoms with E-state index < -0.39 is 23.6 Å². The van der Waals surface area contributed by atoms with Gasteiger partial charge in [0.2, 0.25) is 0 Å². The van der Waals surface area contributed by atoms with Gasteiger partial charge in [-0.05, 0) is 0 Å². The smallest absolute Gasteiger partial charge is 0.327 e. The second-order valence-corrected chi connectivity index (χ2v) is 5.22. The number of rotatable bonds is 2. The first-order chi connectivity index (χ1) is 9.10. The van der Waals surface area contributed by atoms with E-state index in [1.807, 2.05) is 0 Å². The van der Waals surface area contributed by atoms with Crippen LogP contribution in [-0.2, 0) is 4.74 Å². The van der Waals surface area contributed by atoms with E-state index in [1.54, 1.807) is 4.57 Å². The molecule has 1 saturated heterocycles. The van der Waals surface area contributed by atoms with Crippen molar-refractivity contribution < 1.29 is 9.84 Å². The molecule has 102 valence electrons. The predicted molar refractivity (Wildman–Crippen MR) is 74.4 cm³/mol. The molecule has 2 aromatic heterocycles. The quantitative estimate of drug-likeness (QED) is 0.482. The van der Waals surface area contributed by atoms with Gasteiger partial charge < -0.3 is 9.84 Å². The summed E-state index contributed by atoms with van der Waals surface area (Å²) < 4.78 is 7.92. The van der Waals surface area contributed by atoms with Crippen LogP contribution in [0.2, 0.25) is 0 Å². The van der Waals surface area contributed by atoms with E-state index in [-0.39, 0.29) is 11.6 Å². The zero-order chi connectivity index (χ0) is 13.6. The molecule has 3 heterocycles. The molecule has 1 aliphatic rings. The highest BCUT2D eigenvalue weighted by Gasteiger charge is 2.34. The van der Waals surface area contributed by atoms with Gasteiger partial charge in [-0.1, -0.05) is 22.6 Å². The molecule has 3 rings (SSSR count). The molecule has 0 unspecified atom stereocenters. The molecule has 0 saturated carbocycles. The highest BCUT2D eigenvalue weighted by molar-refractivity contribution is 14.1. The second-order valence-electron chi connectivity index (χ2n) is 4.34. The van der Waals surface area contributed by atoms with E-state index in [9.17, 15) is 14.7 Å². The van der Waals surface area contributed by atoms with E-state index >= 15 is 0 Å². The van der Waals surface area contributed by atoms with Gasteiger partial charge >= 0.3 is 5.69 Å². The lowest BCUT2D eigenvalue weighted by atomic mass is 10.2. The molecule has 1 fully saturated rings. The summed E-state index contributed by atoms with van der Waals surface area (Å²) in [5, 5.41) is 9.84. The summed E-state index contributed by atoms with van der Waals surface area (Å²) in [6.07, 6.45) is 0.582. The maximum Gasteiger partial charge on any atom is 0.327 e. The Morgan fingerprint density at radius 2 is 2.32 bits per heavy atom. The Hall–Kier alpha value is -1.20. The van der Waals surface area contributed by atoms with Crippen LogP contribution >= 0.6 is 22.6 Å². The number of alkyl halides is 1. The average molecular weight is 378 g/mol. The molecule has 0 aliphatic carbocycles. The first-order valence-corrected chi connectivity index (χ1v) is 7.21.